The first-order valence-corrected chi connectivity index (χ1v) is 9.18. The summed E-state index contributed by atoms with van der Waals surface area (Å²) in [5.74, 6) is 0. The van der Waals surface area contributed by atoms with Crippen molar-refractivity contribution < 1.29 is 21.2 Å². The zero-order chi connectivity index (χ0) is 17.8. The molecule has 0 aromatic heterocycles. The van der Waals surface area contributed by atoms with Crippen molar-refractivity contribution in [3.8, 4) is 0 Å². The Balaban J connectivity index is 0.00000243. The smallest absolute Gasteiger partial charge is 0.493 e. The standard InChI is InChI=1S/C23H26N2.2CH3.Ni/c1-4-5-6-7-21-16-22(19-12-8-17(2)9-13-19)25(24)23(21)20-14-10-18(3)11-15-20;;;/h8-16H,4-7H2,1-3H3;2*1H3;/q;2*-1;+2. The summed E-state index contributed by atoms with van der Waals surface area (Å²) in [5, 5.41) is 0. The average Bonchev–Trinajstić information content (AvgIpc) is 2.93. The molecule has 0 bridgehead atoms. The number of allylic oxidation sites excluding steroid dienone is 2. The summed E-state index contributed by atoms with van der Waals surface area (Å²) in [6.45, 7) is 6.38. The van der Waals surface area contributed by atoms with Gasteiger partial charge in [0.15, 0.2) is 0 Å². The van der Waals surface area contributed by atoms with E-state index < -0.39 is 0 Å². The first-order chi connectivity index (χ1) is 12.1. The normalized spacial score (nSPS) is 12.7. The van der Waals surface area contributed by atoms with Crippen LogP contribution in [0.4, 0.5) is 0 Å². The Morgan fingerprint density at radius 2 is 1.29 bits per heavy atom. The molecule has 0 saturated carbocycles. The third kappa shape index (κ3) is 5.75. The van der Waals surface area contributed by atoms with Crippen LogP contribution < -0.4 is 0 Å². The van der Waals surface area contributed by atoms with Crippen molar-refractivity contribution >= 4 is 11.4 Å². The second kappa shape index (κ2) is 11.8. The van der Waals surface area contributed by atoms with E-state index in [9.17, 15) is 5.53 Å². The first-order valence-electron chi connectivity index (χ1n) is 9.18. The van der Waals surface area contributed by atoms with Crippen LogP contribution in [0.15, 0.2) is 60.2 Å². The van der Waals surface area contributed by atoms with E-state index in [2.05, 4.69) is 75.4 Å². The molecule has 1 aliphatic heterocycles. The predicted molar refractivity (Wildman–Crippen MR) is 118 cm³/mol. The number of hydrogen-bond donors (Lipinski definition) is 0. The van der Waals surface area contributed by atoms with Crippen LogP contribution in [0.1, 0.15) is 54.9 Å². The fourth-order valence-electron chi connectivity index (χ4n) is 3.26. The van der Waals surface area contributed by atoms with E-state index in [1.807, 2.05) is 0 Å². The van der Waals surface area contributed by atoms with Crippen molar-refractivity contribution in [2.24, 2.45) is 0 Å². The first kappa shape index (κ1) is 26.0. The van der Waals surface area contributed by atoms with Crippen molar-refractivity contribution in [3.63, 3.8) is 0 Å². The van der Waals surface area contributed by atoms with Gasteiger partial charge in [-0.05, 0) is 51.0 Å². The zero-order valence-electron chi connectivity index (χ0n) is 17.7. The Bertz CT molecular complexity index is 828. The number of hydrogen-bond acceptors (Lipinski definition) is 0. The maximum Gasteiger partial charge on any atom is 2.00 e. The largest absolute Gasteiger partial charge is 2.00 e. The van der Waals surface area contributed by atoms with Crippen LogP contribution in [0.25, 0.3) is 16.9 Å². The van der Waals surface area contributed by atoms with E-state index in [0.717, 1.165) is 35.4 Å². The number of aryl methyl sites for hydroxylation is 2. The van der Waals surface area contributed by atoms with Crippen LogP contribution >= 0.6 is 0 Å². The quantitative estimate of drug-likeness (QED) is 0.200. The van der Waals surface area contributed by atoms with E-state index in [-0.39, 0.29) is 31.3 Å². The van der Waals surface area contributed by atoms with Crippen molar-refractivity contribution in [2.45, 2.75) is 46.5 Å². The minimum Gasteiger partial charge on any atom is -0.493 e. The molecular formula is C25H32N2Ni. The van der Waals surface area contributed by atoms with Gasteiger partial charge in [0, 0.05) is 22.8 Å². The van der Waals surface area contributed by atoms with Gasteiger partial charge in [-0.15, -0.1) is 0 Å². The van der Waals surface area contributed by atoms with Gasteiger partial charge in [-0.2, -0.15) is 0 Å². The molecule has 0 fully saturated rings. The monoisotopic (exact) mass is 418 g/mol. The fourth-order valence-corrected chi connectivity index (χ4v) is 3.26. The maximum atomic E-state index is 10.9. The molecule has 2 aromatic rings. The van der Waals surface area contributed by atoms with Crippen molar-refractivity contribution in [3.05, 3.63) is 103 Å². The van der Waals surface area contributed by atoms with E-state index in [1.165, 1.54) is 34.2 Å². The molecule has 2 aromatic carbocycles. The summed E-state index contributed by atoms with van der Waals surface area (Å²) in [6.07, 6.45) is 6.69. The molecule has 3 heteroatoms. The molecule has 152 valence electrons. The van der Waals surface area contributed by atoms with Crippen LogP contribution in [0.5, 0.6) is 0 Å². The van der Waals surface area contributed by atoms with Crippen molar-refractivity contribution in [2.75, 3.05) is 0 Å². The van der Waals surface area contributed by atoms with Gasteiger partial charge in [0.25, 0.3) is 0 Å². The Kier molecular flexibility index (Phi) is 10.9. The summed E-state index contributed by atoms with van der Waals surface area (Å²) in [7, 11) is 0. The van der Waals surface area contributed by atoms with Gasteiger partial charge in [-0.3, -0.25) is 0 Å². The Hall–Kier alpha value is -1.99. The van der Waals surface area contributed by atoms with E-state index in [4.69, 9.17) is 0 Å². The maximum absolute atomic E-state index is 10.9. The zero-order valence-corrected chi connectivity index (χ0v) is 18.7. The Morgan fingerprint density at radius 3 is 1.79 bits per heavy atom. The molecule has 0 atom stereocenters. The average molecular weight is 419 g/mol. The fraction of sp³-hybridized carbons (Fsp3) is 0.280. The number of rotatable bonds is 6. The summed E-state index contributed by atoms with van der Waals surface area (Å²) >= 11 is 0. The molecule has 0 aliphatic carbocycles. The Labute approximate surface area is 181 Å². The second-order valence-corrected chi connectivity index (χ2v) is 6.90. The van der Waals surface area contributed by atoms with E-state index >= 15 is 0 Å². The van der Waals surface area contributed by atoms with Crippen LogP contribution in [0.2, 0.25) is 0 Å². The molecular weight excluding hydrogens is 387 g/mol. The van der Waals surface area contributed by atoms with Crippen LogP contribution in [-0.2, 0) is 16.5 Å². The van der Waals surface area contributed by atoms with Gasteiger partial charge in [-0.25, -0.2) is 4.70 Å². The van der Waals surface area contributed by atoms with Gasteiger partial charge in [0.2, 0.25) is 11.4 Å². The molecule has 1 aliphatic rings. The molecule has 0 saturated heterocycles. The molecule has 0 radical (unpaired) electrons. The van der Waals surface area contributed by atoms with Crippen molar-refractivity contribution in [1.82, 2.24) is 0 Å². The summed E-state index contributed by atoms with van der Waals surface area (Å²) in [4.78, 5) is 0. The van der Waals surface area contributed by atoms with E-state index in [1.54, 1.807) is 0 Å². The SMILES string of the molecule is CCCCCC1=C(c2ccc(C)cc2)[N+](=[N-])C(c2ccc(C)cc2)=C1.[CH3-].[CH3-].[Ni+2]. The van der Waals surface area contributed by atoms with Crippen molar-refractivity contribution in [1.29, 1.82) is 0 Å². The van der Waals surface area contributed by atoms with Gasteiger partial charge in [-0.1, -0.05) is 55.2 Å². The van der Waals surface area contributed by atoms with Gasteiger partial charge >= 0.3 is 16.5 Å². The molecule has 28 heavy (non-hydrogen) atoms. The molecule has 0 amide bonds. The summed E-state index contributed by atoms with van der Waals surface area (Å²) in [6, 6.07) is 16.7. The minimum atomic E-state index is 0. The molecule has 1 heterocycles. The molecule has 0 unspecified atom stereocenters. The third-order valence-electron chi connectivity index (χ3n) is 4.78. The van der Waals surface area contributed by atoms with Crippen LogP contribution in [0.3, 0.4) is 0 Å². The number of unbranched alkanes of at least 4 members (excludes halogenated alkanes) is 2. The van der Waals surface area contributed by atoms with Gasteiger partial charge in [0.1, 0.15) is 0 Å². The predicted octanol–water partition coefficient (Wildman–Crippen LogP) is 7.58. The molecule has 0 N–H and O–H groups in total. The molecule has 3 rings (SSSR count). The number of nitrogens with zero attached hydrogens (tertiary/aromatic N) is 2. The topological polar surface area (TPSA) is 25.3 Å². The second-order valence-electron chi connectivity index (χ2n) is 6.90. The van der Waals surface area contributed by atoms with Crippen LogP contribution in [-0.4, -0.2) is 4.70 Å². The van der Waals surface area contributed by atoms with Gasteiger partial charge in [0.05, 0.1) is 0 Å². The number of benzene rings is 2. The summed E-state index contributed by atoms with van der Waals surface area (Å²) < 4.78 is 1.37. The molecule has 2 nitrogen and oxygen atoms in total. The van der Waals surface area contributed by atoms with Crippen LogP contribution in [0, 0.1) is 28.7 Å². The summed E-state index contributed by atoms with van der Waals surface area (Å²) in [5.41, 5.74) is 18.5. The third-order valence-corrected chi connectivity index (χ3v) is 4.78. The minimum absolute atomic E-state index is 0. The van der Waals surface area contributed by atoms with E-state index in [0.29, 0.717) is 0 Å². The van der Waals surface area contributed by atoms with Gasteiger partial charge < -0.3 is 20.4 Å². The Morgan fingerprint density at radius 1 is 0.786 bits per heavy atom. The molecule has 0 spiro atoms.